The van der Waals surface area contributed by atoms with E-state index in [0.717, 1.165) is 25.7 Å². The zero-order chi connectivity index (χ0) is 26.5. The van der Waals surface area contributed by atoms with Gasteiger partial charge in [-0.1, -0.05) is 51.4 Å². The predicted molar refractivity (Wildman–Crippen MR) is 144 cm³/mol. The summed E-state index contributed by atoms with van der Waals surface area (Å²) in [5, 5.41) is 15.7. The normalized spacial score (nSPS) is 32.8. The average Bonchev–Trinajstić information content (AvgIpc) is 2.70. The molecule has 5 N–H and O–H groups in total. The number of amides is 3. The van der Waals surface area contributed by atoms with Crippen molar-refractivity contribution in [3.05, 3.63) is 46.1 Å². The van der Waals surface area contributed by atoms with Crippen molar-refractivity contribution in [1.29, 1.82) is 5.41 Å². The number of benzene rings is 1. The van der Waals surface area contributed by atoms with Crippen LogP contribution in [0.5, 0.6) is 0 Å². The number of nitrogens with one attached hydrogen (secondary N) is 3. The maximum atomic E-state index is 13.5. The monoisotopic (exact) mass is 513 g/mol. The molecule has 4 rings (SSSR count). The fourth-order valence-electron chi connectivity index (χ4n) is 8.37. The lowest BCUT2D eigenvalue weighted by atomic mass is 9.46. The van der Waals surface area contributed by atoms with Crippen molar-refractivity contribution in [3.8, 4) is 0 Å². The Balaban J connectivity index is 1.53. The van der Waals surface area contributed by atoms with Crippen molar-refractivity contribution in [2.75, 3.05) is 19.6 Å². The second-order valence-corrected chi connectivity index (χ2v) is 13.5. The number of nitrogens with zero attached hydrogens (tertiary/aromatic N) is 1. The van der Waals surface area contributed by atoms with Gasteiger partial charge in [0.1, 0.15) is 0 Å². The first-order chi connectivity index (χ1) is 16.6. The van der Waals surface area contributed by atoms with Gasteiger partial charge >= 0.3 is 6.03 Å². The quantitative estimate of drug-likeness (QED) is 0.341. The summed E-state index contributed by atoms with van der Waals surface area (Å²) < 4.78 is 0. The Morgan fingerprint density at radius 3 is 2.28 bits per heavy atom. The molecule has 1 saturated heterocycles. The fourth-order valence-corrected chi connectivity index (χ4v) is 8.56. The van der Waals surface area contributed by atoms with Crippen LogP contribution in [0.4, 0.5) is 4.79 Å². The number of nitrogens with two attached hydrogens (primary N) is 1. The molecule has 0 spiro atoms. The van der Waals surface area contributed by atoms with E-state index in [1.165, 1.54) is 6.42 Å². The Bertz CT molecular complexity index is 1100. The third-order valence-corrected chi connectivity index (χ3v) is 8.21. The summed E-state index contributed by atoms with van der Waals surface area (Å²) in [5.74, 6) is -0.708. The number of rotatable bonds is 4. The van der Waals surface area contributed by atoms with Gasteiger partial charge in [0.15, 0.2) is 0 Å². The Morgan fingerprint density at radius 1 is 1.06 bits per heavy atom. The van der Waals surface area contributed by atoms with E-state index in [1.54, 1.807) is 29.2 Å². The third kappa shape index (κ3) is 5.56. The van der Waals surface area contributed by atoms with Crippen LogP contribution in [0.25, 0.3) is 0 Å². The van der Waals surface area contributed by atoms with Gasteiger partial charge in [0.05, 0.1) is 17.8 Å². The van der Waals surface area contributed by atoms with Gasteiger partial charge in [-0.2, -0.15) is 0 Å². The van der Waals surface area contributed by atoms with Crippen LogP contribution in [0, 0.1) is 21.7 Å². The molecule has 8 heteroatoms. The van der Waals surface area contributed by atoms with E-state index in [2.05, 4.69) is 45.3 Å². The Hall–Kier alpha value is -2.54. The van der Waals surface area contributed by atoms with E-state index in [9.17, 15) is 9.59 Å². The number of carbonyl (C=O) groups is 2. The molecule has 2 aliphatic carbocycles. The molecule has 1 heterocycles. The van der Waals surface area contributed by atoms with E-state index in [-0.39, 0.29) is 40.2 Å². The maximum Gasteiger partial charge on any atom is 0.318 e. The van der Waals surface area contributed by atoms with Gasteiger partial charge in [0.25, 0.3) is 5.91 Å². The number of carbonyl (C=O) groups excluding carboxylic acids is 2. The van der Waals surface area contributed by atoms with Crippen LogP contribution in [0.3, 0.4) is 0 Å². The van der Waals surface area contributed by atoms with E-state index >= 15 is 0 Å². The number of hydrogen-bond donors (Lipinski definition) is 4. The summed E-state index contributed by atoms with van der Waals surface area (Å²) in [5.41, 5.74) is 7.15. The Morgan fingerprint density at radius 2 is 1.69 bits per heavy atom. The number of urea groups is 1. The molecular formula is C28H40ClN5O2. The van der Waals surface area contributed by atoms with Gasteiger partial charge in [-0.05, 0) is 67.4 Å². The molecule has 0 aromatic heterocycles. The minimum Gasteiger partial charge on any atom is -0.384 e. The predicted octanol–water partition coefficient (Wildman–Crippen LogP) is 4.84. The van der Waals surface area contributed by atoms with Gasteiger partial charge in [-0.3, -0.25) is 10.2 Å². The molecule has 1 aliphatic heterocycles. The van der Waals surface area contributed by atoms with Gasteiger partial charge in [0.2, 0.25) is 0 Å². The lowest BCUT2D eigenvalue weighted by molar-refractivity contribution is -0.114. The van der Waals surface area contributed by atoms with Gasteiger partial charge in [-0.15, -0.1) is 0 Å². The van der Waals surface area contributed by atoms with Crippen LogP contribution in [0.2, 0.25) is 5.02 Å². The molecule has 0 radical (unpaired) electrons. The van der Waals surface area contributed by atoms with Crippen LogP contribution in [-0.4, -0.2) is 47.7 Å². The molecule has 1 aromatic carbocycles. The highest BCUT2D eigenvalue weighted by Gasteiger charge is 2.55. The third-order valence-electron chi connectivity index (χ3n) is 7.97. The summed E-state index contributed by atoms with van der Waals surface area (Å²) in [6.07, 6.45) is 5.42. The first kappa shape index (κ1) is 26.5. The molecule has 7 nitrogen and oxygen atoms in total. The highest BCUT2D eigenvalue weighted by molar-refractivity contribution is 6.32. The van der Waals surface area contributed by atoms with Gasteiger partial charge in [0, 0.05) is 34.9 Å². The van der Waals surface area contributed by atoms with Crippen molar-refractivity contribution < 1.29 is 9.59 Å². The standard InChI is InChI=1S/C28H40ClN5O2/c1-25(2)13-26(3)15-27(4,14-25)17-28(5,16-26)33-24(36)34-10-9-32-20(12-34)21(23(31)35)22(30)18-7-6-8-19(29)11-18/h6-8,11,30,32H,9-10,12-17H2,1-5H3,(H2,31,35)(H,33,36)/b21-20+,30-22?. The summed E-state index contributed by atoms with van der Waals surface area (Å²) in [7, 11) is 0. The topological polar surface area (TPSA) is 111 Å². The van der Waals surface area contributed by atoms with E-state index in [4.69, 9.17) is 22.7 Å². The van der Waals surface area contributed by atoms with Crippen molar-refractivity contribution in [2.24, 2.45) is 22.0 Å². The highest BCUT2D eigenvalue weighted by atomic mass is 35.5. The zero-order valence-corrected chi connectivity index (χ0v) is 22.9. The molecule has 1 aromatic rings. The fraction of sp³-hybridized carbons (Fsp3) is 0.607. The maximum absolute atomic E-state index is 13.5. The number of piperazine rings is 1. The highest BCUT2D eigenvalue weighted by Crippen LogP contribution is 2.62. The van der Waals surface area contributed by atoms with E-state index < -0.39 is 5.91 Å². The van der Waals surface area contributed by atoms with Crippen molar-refractivity contribution in [3.63, 3.8) is 0 Å². The SMILES string of the molecule is CC1(C)CC2(C)CC(C)(C1)CC(C)(NC(=O)N1CCN/C(=C(\C(=N)c3cccc(Cl)c3)C(N)=O)C1)C2. The molecule has 3 fully saturated rings. The molecule has 2 bridgehead atoms. The molecule has 3 amide bonds. The summed E-state index contributed by atoms with van der Waals surface area (Å²) >= 11 is 6.09. The van der Waals surface area contributed by atoms with Crippen LogP contribution in [0.1, 0.15) is 72.3 Å². The van der Waals surface area contributed by atoms with Gasteiger partial charge in [-0.25, -0.2) is 4.79 Å². The largest absolute Gasteiger partial charge is 0.384 e. The molecule has 2 unspecified atom stereocenters. The van der Waals surface area contributed by atoms with Crippen LogP contribution >= 0.6 is 11.6 Å². The minimum absolute atomic E-state index is 0.00899. The van der Waals surface area contributed by atoms with E-state index in [1.807, 2.05) is 0 Å². The van der Waals surface area contributed by atoms with Crippen LogP contribution < -0.4 is 16.4 Å². The number of halogens is 1. The number of hydrogen-bond acceptors (Lipinski definition) is 4. The van der Waals surface area contributed by atoms with Crippen LogP contribution in [-0.2, 0) is 4.79 Å². The Kier molecular flexibility index (Phi) is 6.69. The number of primary amides is 1. The lowest BCUT2D eigenvalue weighted by Crippen LogP contribution is -2.62. The smallest absolute Gasteiger partial charge is 0.318 e. The molecule has 2 saturated carbocycles. The van der Waals surface area contributed by atoms with Crippen molar-refractivity contribution >= 4 is 29.3 Å². The molecule has 36 heavy (non-hydrogen) atoms. The summed E-state index contributed by atoms with van der Waals surface area (Å²) in [6, 6.07) is 6.65. The average molecular weight is 514 g/mol. The second-order valence-electron chi connectivity index (χ2n) is 13.1. The second kappa shape index (κ2) is 9.09. The Labute approximate surface area is 219 Å². The molecular weight excluding hydrogens is 474 g/mol. The molecule has 2 atom stereocenters. The van der Waals surface area contributed by atoms with Crippen molar-refractivity contribution in [2.45, 2.75) is 72.3 Å². The number of fused-ring (bicyclic) bond motifs is 2. The summed E-state index contributed by atoms with van der Waals surface area (Å²) in [4.78, 5) is 27.6. The first-order valence-corrected chi connectivity index (χ1v) is 13.2. The molecule has 3 aliphatic rings. The van der Waals surface area contributed by atoms with Crippen molar-refractivity contribution in [1.82, 2.24) is 15.5 Å². The first-order valence-electron chi connectivity index (χ1n) is 12.8. The minimum atomic E-state index is -0.708. The molecule has 196 valence electrons. The zero-order valence-electron chi connectivity index (χ0n) is 22.2. The van der Waals surface area contributed by atoms with Gasteiger partial charge < -0.3 is 21.3 Å². The lowest BCUT2D eigenvalue weighted by Gasteiger charge is -2.61. The summed E-state index contributed by atoms with van der Waals surface area (Å²) in [6.45, 7) is 12.8. The van der Waals surface area contributed by atoms with Crippen LogP contribution in [0.15, 0.2) is 35.5 Å². The van der Waals surface area contributed by atoms with E-state index in [0.29, 0.717) is 34.8 Å².